The molecule has 2 aromatic rings. The Hall–Kier alpha value is -2.55. The zero-order chi connectivity index (χ0) is 16.8. The van der Waals surface area contributed by atoms with Gasteiger partial charge in [-0.05, 0) is 18.1 Å². The van der Waals surface area contributed by atoms with Gasteiger partial charge in [-0.3, -0.25) is 4.79 Å². The Kier molecular flexibility index (Phi) is 5.58. The molecule has 0 unspecified atom stereocenters. The third kappa shape index (κ3) is 4.01. The first-order chi connectivity index (χ1) is 11.1. The minimum atomic E-state index is -0.939. The highest BCUT2D eigenvalue weighted by atomic mass is 19.2. The van der Waals surface area contributed by atoms with Crippen LogP contribution < -0.4 is 0 Å². The monoisotopic (exact) mass is 312 g/mol. The smallest absolute Gasteiger partial charge is 0.185 e. The Bertz CT molecular complexity index is 725. The molecule has 3 heteroatoms. The van der Waals surface area contributed by atoms with E-state index in [1.54, 1.807) is 24.3 Å². The topological polar surface area (TPSA) is 17.1 Å². The SMILES string of the molecule is C=CC(=O)c1ccc(/C(F)=C(\F)c2ccc(CCC)cc2)cc1. The van der Waals surface area contributed by atoms with Gasteiger partial charge in [-0.2, -0.15) is 0 Å². The molecule has 0 amide bonds. The van der Waals surface area contributed by atoms with Gasteiger partial charge in [0.25, 0.3) is 0 Å². The fraction of sp³-hybridized carbons (Fsp3) is 0.150. The second kappa shape index (κ2) is 7.63. The second-order valence-electron chi connectivity index (χ2n) is 5.22. The van der Waals surface area contributed by atoms with Crippen molar-refractivity contribution in [2.45, 2.75) is 19.8 Å². The summed E-state index contributed by atoms with van der Waals surface area (Å²) in [6.07, 6.45) is 3.09. The molecule has 0 radical (unpaired) electrons. The molecule has 0 bridgehead atoms. The molecule has 0 saturated carbocycles. The highest BCUT2D eigenvalue weighted by Crippen LogP contribution is 2.29. The van der Waals surface area contributed by atoms with Crippen molar-refractivity contribution in [3.05, 3.63) is 83.4 Å². The average Bonchev–Trinajstić information content (AvgIpc) is 2.61. The maximum absolute atomic E-state index is 14.3. The highest BCUT2D eigenvalue weighted by Gasteiger charge is 2.12. The average molecular weight is 312 g/mol. The van der Waals surface area contributed by atoms with Gasteiger partial charge >= 0.3 is 0 Å². The molecule has 0 spiro atoms. The molecule has 0 N–H and O–H groups in total. The third-order valence-electron chi connectivity index (χ3n) is 3.55. The van der Waals surface area contributed by atoms with Crippen LogP contribution in [0.25, 0.3) is 11.7 Å². The Labute approximate surface area is 135 Å². The standard InChI is InChI=1S/C20H18F2O/c1-3-5-14-6-8-16(9-7-14)19(21)20(22)17-12-10-15(11-13-17)18(23)4-2/h4,6-13H,2-3,5H2,1H3/b20-19+. The quantitative estimate of drug-likeness (QED) is 0.376. The van der Waals surface area contributed by atoms with E-state index >= 15 is 0 Å². The molecule has 0 aliphatic heterocycles. The van der Waals surface area contributed by atoms with Crippen LogP contribution in [-0.4, -0.2) is 5.78 Å². The van der Waals surface area contributed by atoms with Crippen LogP contribution in [0.4, 0.5) is 8.78 Å². The lowest BCUT2D eigenvalue weighted by atomic mass is 10.0. The molecule has 118 valence electrons. The Morgan fingerprint density at radius 3 is 1.78 bits per heavy atom. The first-order valence-corrected chi connectivity index (χ1v) is 7.48. The van der Waals surface area contributed by atoms with Crippen LogP contribution in [0, 0.1) is 0 Å². The summed E-state index contributed by atoms with van der Waals surface area (Å²) in [6, 6.07) is 12.4. The van der Waals surface area contributed by atoms with E-state index in [2.05, 4.69) is 13.5 Å². The first-order valence-electron chi connectivity index (χ1n) is 7.48. The van der Waals surface area contributed by atoms with Gasteiger partial charge in [-0.25, -0.2) is 8.78 Å². The lowest BCUT2D eigenvalue weighted by Crippen LogP contribution is -1.93. The van der Waals surface area contributed by atoms with Gasteiger partial charge in [-0.15, -0.1) is 0 Å². The van der Waals surface area contributed by atoms with Crippen molar-refractivity contribution >= 4 is 17.4 Å². The number of halogens is 2. The van der Waals surface area contributed by atoms with E-state index in [4.69, 9.17) is 0 Å². The summed E-state index contributed by atoms with van der Waals surface area (Å²) in [5.41, 5.74) is 1.78. The molecular weight excluding hydrogens is 294 g/mol. The molecule has 0 fully saturated rings. The molecule has 0 saturated heterocycles. The number of hydrogen-bond acceptors (Lipinski definition) is 1. The number of hydrogen-bond donors (Lipinski definition) is 0. The number of carbonyl (C=O) groups is 1. The maximum atomic E-state index is 14.3. The van der Waals surface area contributed by atoms with Crippen molar-refractivity contribution in [1.82, 2.24) is 0 Å². The maximum Gasteiger partial charge on any atom is 0.185 e. The minimum absolute atomic E-state index is 0.0979. The van der Waals surface area contributed by atoms with E-state index in [9.17, 15) is 13.6 Å². The van der Waals surface area contributed by atoms with Gasteiger partial charge in [0.1, 0.15) is 0 Å². The summed E-state index contributed by atoms with van der Waals surface area (Å²) in [7, 11) is 0. The summed E-state index contributed by atoms with van der Waals surface area (Å²) >= 11 is 0. The minimum Gasteiger partial charge on any atom is -0.289 e. The predicted octanol–water partition coefficient (Wildman–Crippen LogP) is 5.77. The van der Waals surface area contributed by atoms with Crippen molar-refractivity contribution in [2.75, 3.05) is 0 Å². The normalized spacial score (nSPS) is 11.8. The predicted molar refractivity (Wildman–Crippen MR) is 90.4 cm³/mol. The Balaban J connectivity index is 2.28. The van der Waals surface area contributed by atoms with E-state index < -0.39 is 11.7 Å². The van der Waals surface area contributed by atoms with Gasteiger partial charge in [0, 0.05) is 16.7 Å². The summed E-state index contributed by atoms with van der Waals surface area (Å²) in [5, 5.41) is 0. The number of ketones is 1. The van der Waals surface area contributed by atoms with Crippen LogP contribution in [0.3, 0.4) is 0 Å². The van der Waals surface area contributed by atoms with Crippen LogP contribution in [0.2, 0.25) is 0 Å². The zero-order valence-electron chi connectivity index (χ0n) is 13.0. The lowest BCUT2D eigenvalue weighted by Gasteiger charge is -2.05. The van der Waals surface area contributed by atoms with Crippen LogP contribution in [0.1, 0.15) is 40.4 Å². The van der Waals surface area contributed by atoms with E-state index in [0.29, 0.717) is 5.56 Å². The van der Waals surface area contributed by atoms with Gasteiger partial charge in [0.15, 0.2) is 17.4 Å². The number of benzene rings is 2. The van der Waals surface area contributed by atoms with Crippen LogP contribution in [0.5, 0.6) is 0 Å². The van der Waals surface area contributed by atoms with Gasteiger partial charge in [0.2, 0.25) is 0 Å². The van der Waals surface area contributed by atoms with Crippen molar-refractivity contribution in [3.63, 3.8) is 0 Å². The first kappa shape index (κ1) is 16.8. The fourth-order valence-corrected chi connectivity index (χ4v) is 2.26. The molecule has 23 heavy (non-hydrogen) atoms. The highest BCUT2D eigenvalue weighted by molar-refractivity contribution is 6.04. The van der Waals surface area contributed by atoms with Crippen LogP contribution in [-0.2, 0) is 6.42 Å². The van der Waals surface area contributed by atoms with E-state index in [1.807, 2.05) is 0 Å². The fourth-order valence-electron chi connectivity index (χ4n) is 2.26. The van der Waals surface area contributed by atoms with Crippen molar-refractivity contribution in [2.24, 2.45) is 0 Å². The summed E-state index contributed by atoms with van der Waals surface area (Å²) in [4.78, 5) is 11.4. The Morgan fingerprint density at radius 1 is 0.913 bits per heavy atom. The zero-order valence-corrected chi connectivity index (χ0v) is 13.0. The summed E-state index contributed by atoms with van der Waals surface area (Å²) in [6.45, 7) is 5.45. The molecular formula is C20H18F2O. The Morgan fingerprint density at radius 2 is 1.35 bits per heavy atom. The van der Waals surface area contributed by atoms with Crippen LogP contribution >= 0.6 is 0 Å². The number of aryl methyl sites for hydroxylation is 1. The largest absolute Gasteiger partial charge is 0.289 e. The summed E-state index contributed by atoms with van der Waals surface area (Å²) < 4.78 is 28.6. The second-order valence-corrected chi connectivity index (χ2v) is 5.22. The van der Waals surface area contributed by atoms with E-state index in [-0.39, 0.29) is 16.9 Å². The van der Waals surface area contributed by atoms with Crippen molar-refractivity contribution in [3.8, 4) is 0 Å². The van der Waals surface area contributed by atoms with Crippen molar-refractivity contribution in [1.29, 1.82) is 0 Å². The molecule has 1 nitrogen and oxygen atoms in total. The van der Waals surface area contributed by atoms with Crippen LogP contribution in [0.15, 0.2) is 61.2 Å². The van der Waals surface area contributed by atoms with Gasteiger partial charge in [-0.1, -0.05) is 68.5 Å². The molecule has 0 aliphatic rings. The lowest BCUT2D eigenvalue weighted by molar-refractivity contribution is 0.104. The third-order valence-corrected chi connectivity index (χ3v) is 3.55. The van der Waals surface area contributed by atoms with E-state index in [1.165, 1.54) is 30.3 Å². The van der Waals surface area contributed by atoms with Crippen molar-refractivity contribution < 1.29 is 13.6 Å². The van der Waals surface area contributed by atoms with Gasteiger partial charge in [0.05, 0.1) is 0 Å². The van der Waals surface area contributed by atoms with E-state index in [0.717, 1.165) is 18.4 Å². The number of carbonyl (C=O) groups excluding carboxylic acids is 1. The van der Waals surface area contributed by atoms with Gasteiger partial charge < -0.3 is 0 Å². The molecule has 0 aliphatic carbocycles. The summed E-state index contributed by atoms with van der Waals surface area (Å²) in [5.74, 6) is -2.10. The molecule has 0 aromatic heterocycles. The molecule has 0 heterocycles. The number of allylic oxidation sites excluding steroid dienone is 1. The molecule has 2 aromatic carbocycles. The molecule has 0 atom stereocenters. The number of rotatable bonds is 6. The molecule has 2 rings (SSSR count).